The van der Waals surface area contributed by atoms with Crippen LogP contribution in [0.2, 0.25) is 0 Å². The van der Waals surface area contributed by atoms with Crippen LogP contribution in [0, 0.1) is 0 Å². The summed E-state index contributed by atoms with van der Waals surface area (Å²) >= 11 is 0. The second-order valence-electron chi connectivity index (χ2n) is 3.40. The van der Waals surface area contributed by atoms with Gasteiger partial charge in [0.25, 0.3) is 0 Å². The van der Waals surface area contributed by atoms with E-state index in [9.17, 15) is 8.42 Å². The molecule has 0 saturated heterocycles. The van der Waals surface area contributed by atoms with Crippen LogP contribution in [0.3, 0.4) is 0 Å². The standard InChI is InChI=1S/C9H15N3O2S/c1-7(2)12-15(13,14)8-4-5-11-9(6-8)10-3/h4-7,12H,1-3H3,(H,10,11). The Balaban J connectivity index is 3.04. The molecule has 0 unspecified atom stereocenters. The van der Waals surface area contributed by atoms with Crippen LogP contribution in [0.4, 0.5) is 5.82 Å². The van der Waals surface area contributed by atoms with E-state index in [1.165, 1.54) is 18.3 Å². The van der Waals surface area contributed by atoms with Crippen molar-refractivity contribution in [2.24, 2.45) is 0 Å². The molecule has 0 aliphatic heterocycles. The van der Waals surface area contributed by atoms with Gasteiger partial charge in [-0.2, -0.15) is 0 Å². The minimum absolute atomic E-state index is 0.124. The number of anilines is 1. The normalized spacial score (nSPS) is 11.7. The average molecular weight is 229 g/mol. The number of nitrogens with one attached hydrogen (secondary N) is 2. The van der Waals surface area contributed by atoms with Gasteiger partial charge in [0.05, 0.1) is 4.90 Å². The summed E-state index contributed by atoms with van der Waals surface area (Å²) in [5.41, 5.74) is 0. The molecule has 1 heterocycles. The third-order valence-electron chi connectivity index (χ3n) is 1.69. The van der Waals surface area contributed by atoms with Gasteiger partial charge in [0, 0.05) is 25.4 Å². The molecule has 0 bridgehead atoms. The molecule has 2 N–H and O–H groups in total. The van der Waals surface area contributed by atoms with E-state index >= 15 is 0 Å². The fraction of sp³-hybridized carbons (Fsp3) is 0.444. The van der Waals surface area contributed by atoms with Crippen LogP contribution >= 0.6 is 0 Å². The highest BCUT2D eigenvalue weighted by molar-refractivity contribution is 7.89. The van der Waals surface area contributed by atoms with Crippen molar-refractivity contribution in [1.29, 1.82) is 0 Å². The fourth-order valence-corrected chi connectivity index (χ4v) is 2.36. The first-order valence-corrected chi connectivity index (χ1v) is 6.10. The number of hydrogen-bond donors (Lipinski definition) is 2. The Morgan fingerprint density at radius 3 is 2.60 bits per heavy atom. The molecule has 0 aliphatic rings. The van der Waals surface area contributed by atoms with E-state index in [4.69, 9.17) is 0 Å². The molecule has 5 nitrogen and oxygen atoms in total. The molecule has 0 atom stereocenters. The summed E-state index contributed by atoms with van der Waals surface area (Å²) in [6.45, 7) is 3.55. The lowest BCUT2D eigenvalue weighted by Gasteiger charge is -2.09. The molecule has 1 aromatic heterocycles. The topological polar surface area (TPSA) is 71.1 Å². The Kier molecular flexibility index (Phi) is 3.65. The largest absolute Gasteiger partial charge is 0.373 e. The van der Waals surface area contributed by atoms with Crippen molar-refractivity contribution in [2.75, 3.05) is 12.4 Å². The Labute approximate surface area is 90.0 Å². The first-order valence-electron chi connectivity index (χ1n) is 4.62. The summed E-state index contributed by atoms with van der Waals surface area (Å²) in [4.78, 5) is 4.17. The zero-order chi connectivity index (χ0) is 11.5. The average Bonchev–Trinajstić information content (AvgIpc) is 2.16. The van der Waals surface area contributed by atoms with Gasteiger partial charge in [0.2, 0.25) is 10.0 Å². The second kappa shape index (κ2) is 4.59. The van der Waals surface area contributed by atoms with E-state index in [0.29, 0.717) is 5.82 Å². The number of rotatable bonds is 4. The molecule has 0 spiro atoms. The van der Waals surface area contributed by atoms with Crippen LogP contribution < -0.4 is 10.0 Å². The Morgan fingerprint density at radius 1 is 1.40 bits per heavy atom. The van der Waals surface area contributed by atoms with Crippen LogP contribution in [0.15, 0.2) is 23.2 Å². The van der Waals surface area contributed by atoms with E-state index in [2.05, 4.69) is 15.0 Å². The molecule has 0 fully saturated rings. The molecule has 0 aromatic carbocycles. The van der Waals surface area contributed by atoms with Crippen LogP contribution in [0.1, 0.15) is 13.8 Å². The fourth-order valence-electron chi connectivity index (χ4n) is 1.09. The maximum Gasteiger partial charge on any atom is 0.240 e. The molecule has 0 radical (unpaired) electrons. The number of aromatic nitrogens is 1. The Morgan fingerprint density at radius 2 is 2.07 bits per heavy atom. The number of nitrogens with zero attached hydrogens (tertiary/aromatic N) is 1. The molecular formula is C9H15N3O2S. The van der Waals surface area contributed by atoms with Gasteiger partial charge in [-0.3, -0.25) is 0 Å². The first-order chi connectivity index (χ1) is 6.95. The maximum atomic E-state index is 11.7. The molecule has 0 amide bonds. The van der Waals surface area contributed by atoms with Gasteiger partial charge in [0.1, 0.15) is 5.82 Å². The van der Waals surface area contributed by atoms with Crippen molar-refractivity contribution < 1.29 is 8.42 Å². The predicted octanol–water partition coefficient (Wildman–Crippen LogP) is 0.810. The minimum atomic E-state index is -3.42. The van der Waals surface area contributed by atoms with E-state index < -0.39 is 10.0 Å². The van der Waals surface area contributed by atoms with Gasteiger partial charge >= 0.3 is 0 Å². The third-order valence-corrected chi connectivity index (χ3v) is 3.34. The summed E-state index contributed by atoms with van der Waals surface area (Å²) in [6.07, 6.45) is 1.46. The van der Waals surface area contributed by atoms with Crippen molar-refractivity contribution in [2.45, 2.75) is 24.8 Å². The second-order valence-corrected chi connectivity index (χ2v) is 5.12. The molecule has 0 aliphatic carbocycles. The van der Waals surface area contributed by atoms with Crippen molar-refractivity contribution in [3.05, 3.63) is 18.3 Å². The Hall–Kier alpha value is -1.14. The number of sulfonamides is 1. The van der Waals surface area contributed by atoms with Crippen LogP contribution in [0.5, 0.6) is 0 Å². The number of pyridine rings is 1. The third kappa shape index (κ3) is 3.17. The quantitative estimate of drug-likeness (QED) is 0.801. The lowest BCUT2D eigenvalue weighted by atomic mass is 10.4. The van der Waals surface area contributed by atoms with Gasteiger partial charge in [0.15, 0.2) is 0 Å². The maximum absolute atomic E-state index is 11.7. The highest BCUT2D eigenvalue weighted by atomic mass is 32.2. The van der Waals surface area contributed by atoms with E-state index in [1.54, 1.807) is 20.9 Å². The zero-order valence-electron chi connectivity index (χ0n) is 8.98. The van der Waals surface area contributed by atoms with E-state index in [-0.39, 0.29) is 10.9 Å². The minimum Gasteiger partial charge on any atom is -0.373 e. The Bertz CT molecular complexity index is 429. The van der Waals surface area contributed by atoms with Gasteiger partial charge < -0.3 is 5.32 Å². The summed E-state index contributed by atoms with van der Waals surface area (Å²) < 4.78 is 26.0. The summed E-state index contributed by atoms with van der Waals surface area (Å²) in [7, 11) is -1.73. The van der Waals surface area contributed by atoms with Gasteiger partial charge in [-0.1, -0.05) is 0 Å². The van der Waals surface area contributed by atoms with Gasteiger partial charge in [-0.05, 0) is 19.9 Å². The first kappa shape index (κ1) is 11.9. The molecule has 1 rings (SSSR count). The van der Waals surface area contributed by atoms with Gasteiger partial charge in [-0.15, -0.1) is 0 Å². The van der Waals surface area contributed by atoms with Crippen molar-refractivity contribution in [3.8, 4) is 0 Å². The van der Waals surface area contributed by atoms with Crippen LogP contribution in [-0.2, 0) is 10.0 Å². The highest BCUT2D eigenvalue weighted by Crippen LogP contribution is 2.12. The lowest BCUT2D eigenvalue weighted by Crippen LogP contribution is -2.30. The van der Waals surface area contributed by atoms with Crippen LogP contribution in [-0.4, -0.2) is 26.5 Å². The highest BCUT2D eigenvalue weighted by Gasteiger charge is 2.15. The summed E-state index contributed by atoms with van der Waals surface area (Å²) in [5, 5.41) is 2.79. The predicted molar refractivity (Wildman–Crippen MR) is 59.2 cm³/mol. The summed E-state index contributed by atoms with van der Waals surface area (Å²) in [6, 6.07) is 2.83. The molecular weight excluding hydrogens is 214 g/mol. The molecule has 15 heavy (non-hydrogen) atoms. The molecule has 6 heteroatoms. The molecule has 0 saturated carbocycles. The zero-order valence-corrected chi connectivity index (χ0v) is 9.80. The lowest BCUT2D eigenvalue weighted by molar-refractivity contribution is 0.570. The van der Waals surface area contributed by atoms with Gasteiger partial charge in [-0.25, -0.2) is 18.1 Å². The van der Waals surface area contributed by atoms with Crippen molar-refractivity contribution >= 4 is 15.8 Å². The molecule has 84 valence electrons. The van der Waals surface area contributed by atoms with Crippen molar-refractivity contribution in [1.82, 2.24) is 9.71 Å². The number of hydrogen-bond acceptors (Lipinski definition) is 4. The smallest absolute Gasteiger partial charge is 0.240 e. The summed E-state index contributed by atoms with van der Waals surface area (Å²) in [5.74, 6) is 0.529. The SMILES string of the molecule is CNc1cc(S(=O)(=O)NC(C)C)ccn1. The monoisotopic (exact) mass is 229 g/mol. The van der Waals surface area contributed by atoms with Crippen LogP contribution in [0.25, 0.3) is 0 Å². The molecule has 1 aromatic rings. The van der Waals surface area contributed by atoms with E-state index in [0.717, 1.165) is 0 Å². The van der Waals surface area contributed by atoms with Crippen molar-refractivity contribution in [3.63, 3.8) is 0 Å². The van der Waals surface area contributed by atoms with E-state index in [1.807, 2.05) is 0 Å².